The lowest BCUT2D eigenvalue weighted by molar-refractivity contribution is -0.137. The minimum Gasteiger partial charge on any atom is -0.366 e. The third-order valence-electron chi connectivity index (χ3n) is 2.99. The Labute approximate surface area is 107 Å². The van der Waals surface area contributed by atoms with Gasteiger partial charge >= 0.3 is 0 Å². The first-order chi connectivity index (χ1) is 8.79. The number of nitrogens with zero attached hydrogens (tertiary/aromatic N) is 1. The molecule has 1 heterocycles. The van der Waals surface area contributed by atoms with Crippen molar-refractivity contribution in [2.24, 2.45) is 0 Å². The van der Waals surface area contributed by atoms with Crippen molar-refractivity contribution in [2.75, 3.05) is 31.7 Å². The van der Waals surface area contributed by atoms with Crippen molar-refractivity contribution in [1.29, 1.82) is 0 Å². The van der Waals surface area contributed by atoms with Crippen molar-refractivity contribution >= 4 is 11.6 Å². The van der Waals surface area contributed by atoms with Gasteiger partial charge in [-0.05, 0) is 18.7 Å². The molecule has 1 amide bonds. The van der Waals surface area contributed by atoms with Crippen molar-refractivity contribution in [3.63, 3.8) is 0 Å². The summed E-state index contributed by atoms with van der Waals surface area (Å²) in [5.74, 6) is -0.128. The van der Waals surface area contributed by atoms with Crippen LogP contribution in [0.25, 0.3) is 0 Å². The molecule has 98 valence electrons. The van der Waals surface area contributed by atoms with Gasteiger partial charge in [-0.15, -0.1) is 0 Å². The van der Waals surface area contributed by atoms with Gasteiger partial charge in [-0.3, -0.25) is 20.5 Å². The van der Waals surface area contributed by atoms with Gasteiger partial charge in [0.05, 0.1) is 12.3 Å². The number of rotatable bonds is 4. The van der Waals surface area contributed by atoms with Gasteiger partial charge in [0.15, 0.2) is 6.10 Å². The van der Waals surface area contributed by atoms with E-state index in [1.54, 1.807) is 0 Å². The molecule has 18 heavy (non-hydrogen) atoms. The molecule has 0 radical (unpaired) electrons. The van der Waals surface area contributed by atoms with Crippen LogP contribution in [0, 0.1) is 0 Å². The van der Waals surface area contributed by atoms with Gasteiger partial charge in [0, 0.05) is 13.1 Å². The molecule has 5 nitrogen and oxygen atoms in total. The first-order valence-corrected chi connectivity index (χ1v) is 6.24. The Morgan fingerprint density at radius 2 is 2.22 bits per heavy atom. The maximum atomic E-state index is 11.9. The molecular weight excluding hydrogens is 230 g/mol. The summed E-state index contributed by atoms with van der Waals surface area (Å²) in [5.41, 5.74) is 6.40. The summed E-state index contributed by atoms with van der Waals surface area (Å²) in [7, 11) is 0. The number of ether oxygens (including phenoxy) is 1. The highest BCUT2D eigenvalue weighted by Gasteiger charge is 2.25. The van der Waals surface area contributed by atoms with Gasteiger partial charge in [-0.1, -0.05) is 25.1 Å². The fourth-order valence-electron chi connectivity index (χ4n) is 1.88. The number of carbonyl (C=O) groups excluding carboxylic acids is 1. The third-order valence-corrected chi connectivity index (χ3v) is 2.99. The largest absolute Gasteiger partial charge is 0.366 e. The smallest absolute Gasteiger partial charge is 0.268 e. The van der Waals surface area contributed by atoms with Crippen molar-refractivity contribution < 1.29 is 9.53 Å². The quantitative estimate of drug-likeness (QED) is 0.777. The molecule has 2 rings (SSSR count). The number of morpholine rings is 1. The van der Waals surface area contributed by atoms with Crippen LogP contribution in [0.3, 0.4) is 0 Å². The lowest BCUT2D eigenvalue weighted by atomic mass is 10.2. The van der Waals surface area contributed by atoms with Gasteiger partial charge in [0.2, 0.25) is 0 Å². The number of anilines is 1. The third kappa shape index (κ3) is 3.45. The summed E-state index contributed by atoms with van der Waals surface area (Å²) in [4.78, 5) is 14.1. The average molecular weight is 249 g/mol. The highest BCUT2D eigenvalue weighted by atomic mass is 16.5. The number of nitrogens with one attached hydrogen (secondary N) is 2. The molecule has 1 aromatic carbocycles. The SMILES string of the molecule is CCN1CCOC(C(=O)NNc2ccccc2)C1. The lowest BCUT2D eigenvalue weighted by Crippen LogP contribution is -2.50. The lowest BCUT2D eigenvalue weighted by Gasteiger charge is -2.31. The Bertz CT molecular complexity index is 383. The van der Waals surface area contributed by atoms with Gasteiger partial charge in [0.1, 0.15) is 0 Å². The maximum absolute atomic E-state index is 11.9. The van der Waals surface area contributed by atoms with Crippen LogP contribution < -0.4 is 10.9 Å². The predicted octanol–water partition coefficient (Wildman–Crippen LogP) is 0.850. The maximum Gasteiger partial charge on any atom is 0.268 e. The molecule has 0 aromatic heterocycles. The van der Waals surface area contributed by atoms with Crippen LogP contribution in [0.2, 0.25) is 0 Å². The highest BCUT2D eigenvalue weighted by molar-refractivity contribution is 5.82. The highest BCUT2D eigenvalue weighted by Crippen LogP contribution is 2.06. The summed E-state index contributed by atoms with van der Waals surface area (Å²) in [6.07, 6.45) is -0.394. The molecule has 1 aliphatic rings. The summed E-state index contributed by atoms with van der Waals surface area (Å²) in [6, 6.07) is 9.52. The van der Waals surface area contributed by atoms with Crippen molar-refractivity contribution in [3.8, 4) is 0 Å². The molecule has 0 aliphatic carbocycles. The van der Waals surface area contributed by atoms with E-state index >= 15 is 0 Å². The van der Waals surface area contributed by atoms with E-state index in [-0.39, 0.29) is 5.91 Å². The molecule has 1 aromatic rings. The van der Waals surface area contributed by atoms with Gasteiger partial charge in [-0.2, -0.15) is 0 Å². The molecule has 1 unspecified atom stereocenters. The van der Waals surface area contributed by atoms with E-state index in [0.29, 0.717) is 13.2 Å². The van der Waals surface area contributed by atoms with Crippen molar-refractivity contribution in [3.05, 3.63) is 30.3 Å². The van der Waals surface area contributed by atoms with Crippen LogP contribution in [0.15, 0.2) is 30.3 Å². The zero-order valence-electron chi connectivity index (χ0n) is 10.6. The molecule has 0 bridgehead atoms. The van der Waals surface area contributed by atoms with E-state index in [4.69, 9.17) is 4.74 Å². The number of carbonyl (C=O) groups is 1. The van der Waals surface area contributed by atoms with E-state index in [9.17, 15) is 4.79 Å². The summed E-state index contributed by atoms with van der Waals surface area (Å²) >= 11 is 0. The second-order valence-electron chi connectivity index (χ2n) is 4.23. The van der Waals surface area contributed by atoms with Gasteiger partial charge < -0.3 is 4.74 Å². The monoisotopic (exact) mass is 249 g/mol. The Balaban J connectivity index is 1.81. The molecule has 2 N–H and O–H groups in total. The molecular formula is C13H19N3O2. The second-order valence-corrected chi connectivity index (χ2v) is 4.23. The van der Waals surface area contributed by atoms with Crippen molar-refractivity contribution in [1.82, 2.24) is 10.3 Å². The number of amides is 1. The Morgan fingerprint density at radius 3 is 2.94 bits per heavy atom. The van der Waals surface area contributed by atoms with Crippen LogP contribution >= 0.6 is 0 Å². The number of hydrogen-bond acceptors (Lipinski definition) is 4. The van der Waals surface area contributed by atoms with E-state index in [1.807, 2.05) is 30.3 Å². The molecule has 1 aliphatic heterocycles. The Morgan fingerprint density at radius 1 is 1.44 bits per heavy atom. The molecule has 1 fully saturated rings. The van der Waals surface area contributed by atoms with Crippen LogP contribution in [0.1, 0.15) is 6.92 Å². The standard InChI is InChI=1S/C13H19N3O2/c1-2-16-8-9-18-12(10-16)13(17)15-14-11-6-4-3-5-7-11/h3-7,12,14H,2,8-10H2,1H3,(H,15,17). The molecule has 0 saturated carbocycles. The zero-order valence-corrected chi connectivity index (χ0v) is 10.6. The molecule has 1 atom stereocenters. The van der Waals surface area contributed by atoms with Crippen molar-refractivity contribution in [2.45, 2.75) is 13.0 Å². The fraction of sp³-hybridized carbons (Fsp3) is 0.462. The zero-order chi connectivity index (χ0) is 12.8. The fourth-order valence-corrected chi connectivity index (χ4v) is 1.88. The number of hydrazine groups is 1. The number of hydrogen-bond donors (Lipinski definition) is 2. The van der Waals surface area contributed by atoms with Crippen LogP contribution in [0.5, 0.6) is 0 Å². The van der Waals surface area contributed by atoms with Crippen LogP contribution in [-0.4, -0.2) is 43.2 Å². The average Bonchev–Trinajstić information content (AvgIpc) is 2.46. The van der Waals surface area contributed by atoms with E-state index in [2.05, 4.69) is 22.7 Å². The predicted molar refractivity (Wildman–Crippen MR) is 70.1 cm³/mol. The summed E-state index contributed by atoms with van der Waals surface area (Å²) < 4.78 is 5.47. The summed E-state index contributed by atoms with van der Waals surface area (Å²) in [6.45, 7) is 5.18. The first kappa shape index (κ1) is 12.9. The minimum atomic E-state index is -0.394. The van der Waals surface area contributed by atoms with Crippen LogP contribution in [-0.2, 0) is 9.53 Å². The second kappa shape index (κ2) is 6.37. The Hall–Kier alpha value is -1.59. The van der Waals surface area contributed by atoms with E-state index in [0.717, 1.165) is 18.8 Å². The van der Waals surface area contributed by atoms with E-state index < -0.39 is 6.10 Å². The first-order valence-electron chi connectivity index (χ1n) is 6.24. The van der Waals surface area contributed by atoms with Gasteiger partial charge in [-0.25, -0.2) is 0 Å². The molecule has 5 heteroatoms. The van der Waals surface area contributed by atoms with E-state index in [1.165, 1.54) is 0 Å². The minimum absolute atomic E-state index is 0.128. The topological polar surface area (TPSA) is 53.6 Å². The molecule has 1 saturated heterocycles. The van der Waals surface area contributed by atoms with Crippen LogP contribution in [0.4, 0.5) is 5.69 Å². The number of para-hydroxylation sites is 1. The number of benzene rings is 1. The normalized spacial score (nSPS) is 20.4. The number of likely N-dealkylation sites (N-methyl/N-ethyl adjacent to an activating group) is 1. The Kier molecular flexibility index (Phi) is 4.55. The summed E-state index contributed by atoms with van der Waals surface area (Å²) in [5, 5.41) is 0. The molecule has 0 spiro atoms. The van der Waals surface area contributed by atoms with Gasteiger partial charge in [0.25, 0.3) is 5.91 Å².